The zero-order chi connectivity index (χ0) is 13.8. The molecule has 0 unspecified atom stereocenters. The maximum absolute atomic E-state index is 11.2. The molecule has 0 amide bonds. The number of nitrogens with zero attached hydrogens (tertiary/aromatic N) is 1. The molecule has 1 N–H and O–H groups in total. The van der Waals surface area contributed by atoms with Gasteiger partial charge in [0.25, 0.3) is 0 Å². The van der Waals surface area contributed by atoms with Crippen LogP contribution < -0.4 is 0 Å². The number of carbonyl (C=O) groups is 1. The Bertz CT molecular complexity index is 558. The van der Waals surface area contributed by atoms with Crippen LogP contribution in [-0.2, 0) is 26.8 Å². The highest BCUT2D eigenvalue weighted by molar-refractivity contribution is 7.90. The first kappa shape index (κ1) is 14.8. The van der Waals surface area contributed by atoms with E-state index in [1.54, 1.807) is 0 Å². The fourth-order valence-corrected chi connectivity index (χ4v) is 3.60. The van der Waals surface area contributed by atoms with Crippen molar-refractivity contribution in [2.75, 3.05) is 6.26 Å². The van der Waals surface area contributed by atoms with Gasteiger partial charge in [-0.2, -0.15) is 0 Å². The van der Waals surface area contributed by atoms with E-state index in [-0.39, 0.29) is 5.75 Å². The van der Waals surface area contributed by atoms with Gasteiger partial charge in [0.1, 0.15) is 10.8 Å². The largest absolute Gasteiger partial charge is 0.478 e. The molecule has 18 heavy (non-hydrogen) atoms. The van der Waals surface area contributed by atoms with Crippen molar-refractivity contribution >= 4 is 33.2 Å². The molecule has 0 saturated carbocycles. The van der Waals surface area contributed by atoms with Gasteiger partial charge >= 0.3 is 5.97 Å². The first-order chi connectivity index (χ1) is 8.31. The molecular weight excluding hydrogens is 274 g/mol. The summed E-state index contributed by atoms with van der Waals surface area (Å²) in [4.78, 5) is 15.5. The van der Waals surface area contributed by atoms with Crippen LogP contribution in [0.1, 0.15) is 28.9 Å². The Hall–Kier alpha value is -1.21. The van der Waals surface area contributed by atoms with Crippen molar-refractivity contribution in [1.29, 1.82) is 0 Å². The van der Waals surface area contributed by atoms with E-state index in [2.05, 4.69) is 4.98 Å². The quantitative estimate of drug-likeness (QED) is 0.806. The predicted molar refractivity (Wildman–Crippen MR) is 71.3 cm³/mol. The van der Waals surface area contributed by atoms with Crippen LogP contribution in [0.3, 0.4) is 0 Å². The lowest BCUT2D eigenvalue weighted by Crippen LogP contribution is -2.00. The molecule has 1 rings (SSSR count). The van der Waals surface area contributed by atoms with E-state index in [1.807, 2.05) is 6.92 Å². The number of aliphatic carboxylic acids is 1. The first-order valence-corrected chi connectivity index (χ1v) is 8.27. The van der Waals surface area contributed by atoms with E-state index in [1.165, 1.54) is 17.4 Å². The molecule has 0 aliphatic rings. The average Bonchev–Trinajstić information content (AvgIpc) is 2.55. The van der Waals surface area contributed by atoms with Gasteiger partial charge in [0.05, 0.1) is 10.6 Å². The van der Waals surface area contributed by atoms with Crippen LogP contribution in [-0.4, -0.2) is 30.7 Å². The number of carboxylic acids is 1. The molecule has 0 aliphatic carbocycles. The van der Waals surface area contributed by atoms with Gasteiger partial charge < -0.3 is 5.11 Å². The second kappa shape index (κ2) is 6.10. The molecule has 0 atom stereocenters. The van der Waals surface area contributed by atoms with Crippen LogP contribution >= 0.6 is 11.3 Å². The first-order valence-electron chi connectivity index (χ1n) is 5.39. The second-order valence-electron chi connectivity index (χ2n) is 3.91. The second-order valence-corrected chi connectivity index (χ2v) is 7.17. The summed E-state index contributed by atoms with van der Waals surface area (Å²) in [6.07, 6.45) is 5.24. The average molecular weight is 289 g/mol. The number of hydrogen-bond donors (Lipinski definition) is 1. The molecule has 100 valence electrons. The third-order valence-electron chi connectivity index (χ3n) is 2.02. The lowest BCUT2D eigenvalue weighted by molar-refractivity contribution is -0.131. The molecule has 0 bridgehead atoms. The summed E-state index contributed by atoms with van der Waals surface area (Å²) in [7, 11) is -3.12. The van der Waals surface area contributed by atoms with Gasteiger partial charge in [-0.15, -0.1) is 11.3 Å². The summed E-state index contributed by atoms with van der Waals surface area (Å²) in [5, 5.41) is 9.10. The molecule has 1 aromatic rings. The molecule has 0 aromatic carbocycles. The summed E-state index contributed by atoms with van der Waals surface area (Å²) in [5.74, 6) is -1.13. The molecule has 7 heteroatoms. The Kier molecular flexibility index (Phi) is 5.03. The lowest BCUT2D eigenvalue weighted by Gasteiger charge is -1.93. The molecule has 0 aliphatic heterocycles. The van der Waals surface area contributed by atoms with E-state index in [0.717, 1.165) is 29.3 Å². The van der Waals surface area contributed by atoms with Crippen molar-refractivity contribution in [1.82, 2.24) is 4.98 Å². The van der Waals surface area contributed by atoms with Crippen molar-refractivity contribution < 1.29 is 18.3 Å². The van der Waals surface area contributed by atoms with Crippen LogP contribution in [0.5, 0.6) is 0 Å². The summed E-state index contributed by atoms with van der Waals surface area (Å²) in [6, 6.07) is 0. The summed E-state index contributed by atoms with van der Waals surface area (Å²) in [5.41, 5.74) is 0.763. The van der Waals surface area contributed by atoms with Crippen LogP contribution in [0.2, 0.25) is 0 Å². The van der Waals surface area contributed by atoms with Gasteiger partial charge in [0.15, 0.2) is 9.84 Å². The zero-order valence-electron chi connectivity index (χ0n) is 10.2. The minimum atomic E-state index is -3.12. The van der Waals surface area contributed by atoms with E-state index < -0.39 is 15.8 Å². The zero-order valence-corrected chi connectivity index (χ0v) is 11.8. The lowest BCUT2D eigenvalue weighted by atomic mass is 10.2. The maximum atomic E-state index is 11.2. The fraction of sp³-hybridized carbons (Fsp3) is 0.455. The van der Waals surface area contributed by atoms with Crippen molar-refractivity contribution in [3.63, 3.8) is 0 Å². The minimum absolute atomic E-state index is 0.102. The molecule has 0 saturated heterocycles. The molecule has 5 nitrogen and oxygen atoms in total. The highest BCUT2D eigenvalue weighted by Crippen LogP contribution is 2.23. The number of hydrogen-bond acceptors (Lipinski definition) is 5. The van der Waals surface area contributed by atoms with E-state index in [0.29, 0.717) is 11.4 Å². The monoisotopic (exact) mass is 289 g/mol. The van der Waals surface area contributed by atoms with Gasteiger partial charge in [-0.1, -0.05) is 13.3 Å². The Morgan fingerprint density at radius 3 is 2.67 bits per heavy atom. The number of rotatable bonds is 6. The Morgan fingerprint density at radius 2 is 2.17 bits per heavy atom. The third kappa shape index (κ3) is 4.97. The number of aromatic nitrogens is 1. The van der Waals surface area contributed by atoms with Gasteiger partial charge in [-0.05, 0) is 12.5 Å². The molecule has 1 aromatic heterocycles. The van der Waals surface area contributed by atoms with Crippen LogP contribution in [0.15, 0.2) is 6.08 Å². The fourth-order valence-electron chi connectivity index (χ4n) is 1.39. The number of aryl methyl sites for hydroxylation is 1. The standard InChI is InChI=1S/C11H15NO4S2/c1-3-4-8-9(5-6-11(13)14)17-10(12-8)7-18(2,15)16/h5-6H,3-4,7H2,1-2H3,(H,13,14)/b6-5+. The molecule has 0 fully saturated rings. The number of carboxylic acid groups (broad SMARTS) is 1. The van der Waals surface area contributed by atoms with E-state index in [4.69, 9.17) is 5.11 Å². The van der Waals surface area contributed by atoms with Gasteiger partial charge in [0, 0.05) is 12.3 Å². The van der Waals surface area contributed by atoms with Crippen molar-refractivity contribution in [3.05, 3.63) is 21.7 Å². The number of sulfone groups is 1. The Labute approximate surface area is 110 Å². The van der Waals surface area contributed by atoms with E-state index in [9.17, 15) is 13.2 Å². The van der Waals surface area contributed by atoms with Gasteiger partial charge in [-0.3, -0.25) is 0 Å². The Morgan fingerprint density at radius 1 is 1.50 bits per heavy atom. The Balaban J connectivity index is 3.04. The topological polar surface area (TPSA) is 84.3 Å². The van der Waals surface area contributed by atoms with Crippen molar-refractivity contribution in [2.45, 2.75) is 25.5 Å². The normalized spacial score (nSPS) is 12.1. The summed E-state index contributed by atoms with van der Waals surface area (Å²) >= 11 is 1.23. The summed E-state index contributed by atoms with van der Waals surface area (Å²) < 4.78 is 22.4. The highest BCUT2D eigenvalue weighted by atomic mass is 32.2. The third-order valence-corrected chi connectivity index (χ3v) is 4.07. The molecular formula is C11H15NO4S2. The highest BCUT2D eigenvalue weighted by Gasteiger charge is 2.13. The van der Waals surface area contributed by atoms with Crippen molar-refractivity contribution in [2.24, 2.45) is 0 Å². The van der Waals surface area contributed by atoms with Crippen LogP contribution in [0.25, 0.3) is 6.08 Å². The van der Waals surface area contributed by atoms with E-state index >= 15 is 0 Å². The SMILES string of the molecule is CCCc1nc(CS(C)(=O)=O)sc1/C=C/C(=O)O. The predicted octanol–water partition coefficient (Wildman–Crippen LogP) is 1.74. The van der Waals surface area contributed by atoms with Crippen LogP contribution in [0.4, 0.5) is 0 Å². The minimum Gasteiger partial charge on any atom is -0.478 e. The smallest absolute Gasteiger partial charge is 0.328 e. The van der Waals surface area contributed by atoms with Crippen molar-refractivity contribution in [3.8, 4) is 0 Å². The van der Waals surface area contributed by atoms with Gasteiger partial charge in [-0.25, -0.2) is 18.2 Å². The number of thiazole rings is 1. The maximum Gasteiger partial charge on any atom is 0.328 e. The molecule has 0 spiro atoms. The molecule has 1 heterocycles. The molecule has 0 radical (unpaired) electrons. The van der Waals surface area contributed by atoms with Gasteiger partial charge in [0.2, 0.25) is 0 Å². The summed E-state index contributed by atoms with van der Waals surface area (Å²) in [6.45, 7) is 1.99. The van der Waals surface area contributed by atoms with Crippen LogP contribution in [0, 0.1) is 0 Å².